The molecule has 0 saturated heterocycles. The number of aromatic nitrogens is 1. The van der Waals surface area contributed by atoms with Gasteiger partial charge in [0.15, 0.2) is 5.84 Å². The largest absolute Gasteiger partial charge is 0.409 e. The Hall–Kier alpha value is -2.42. The molecule has 1 rings (SSSR count). The van der Waals surface area contributed by atoms with Crippen LogP contribution in [0, 0.1) is 10.1 Å². The van der Waals surface area contributed by atoms with E-state index in [2.05, 4.69) is 10.1 Å². The van der Waals surface area contributed by atoms with Crippen LogP contribution in [-0.2, 0) is 0 Å². The number of nitrogens with zero attached hydrogens (tertiary/aromatic N) is 4. The van der Waals surface area contributed by atoms with Gasteiger partial charge in [-0.1, -0.05) is 5.16 Å². The molecule has 18 heavy (non-hydrogen) atoms. The summed E-state index contributed by atoms with van der Waals surface area (Å²) in [6.07, 6.45) is 1.07. The van der Waals surface area contributed by atoms with Crippen LogP contribution in [0.3, 0.4) is 0 Å². The second kappa shape index (κ2) is 5.77. The molecule has 1 heterocycles. The summed E-state index contributed by atoms with van der Waals surface area (Å²) in [6.45, 7) is 0.140. The maximum Gasteiger partial charge on any atom is 0.288 e. The Kier molecular flexibility index (Phi) is 4.38. The minimum absolute atomic E-state index is 0.120. The Balaban J connectivity index is 3.29. The number of rotatable bonds is 5. The van der Waals surface area contributed by atoms with Crippen molar-refractivity contribution >= 4 is 17.3 Å². The van der Waals surface area contributed by atoms with Crippen LogP contribution in [0.15, 0.2) is 17.4 Å². The Morgan fingerprint density at radius 2 is 2.39 bits per heavy atom. The molecule has 0 fully saturated rings. The molecule has 0 spiro atoms. The second-order valence-corrected chi connectivity index (χ2v) is 3.45. The second-order valence-electron chi connectivity index (χ2n) is 3.45. The number of pyridine rings is 1. The van der Waals surface area contributed by atoms with Crippen LogP contribution in [0.25, 0.3) is 0 Å². The summed E-state index contributed by atoms with van der Waals surface area (Å²) in [5.41, 5.74) is 5.31. The van der Waals surface area contributed by atoms with E-state index < -0.39 is 4.92 Å². The lowest BCUT2D eigenvalue weighted by molar-refractivity contribution is -0.385. The van der Waals surface area contributed by atoms with Gasteiger partial charge in [-0.25, -0.2) is 4.98 Å². The first-order valence-corrected chi connectivity index (χ1v) is 4.95. The lowest BCUT2D eigenvalue weighted by Crippen LogP contribution is -2.26. The van der Waals surface area contributed by atoms with Gasteiger partial charge in [-0.15, -0.1) is 0 Å². The van der Waals surface area contributed by atoms with Crippen molar-refractivity contribution in [2.24, 2.45) is 10.9 Å². The molecule has 98 valence electrons. The van der Waals surface area contributed by atoms with Crippen LogP contribution in [0.2, 0.25) is 0 Å². The minimum atomic E-state index is -0.628. The number of likely N-dealkylation sites (N-methyl/N-ethyl adjacent to an activating group) is 1. The SMILES string of the molecule is CN(CCO)c1ncc([N+](=O)[O-])cc1C(N)=NO. The van der Waals surface area contributed by atoms with Gasteiger partial charge in [-0.05, 0) is 0 Å². The topological polar surface area (TPSA) is 138 Å². The quantitative estimate of drug-likeness (QED) is 0.212. The van der Waals surface area contributed by atoms with Crippen molar-refractivity contribution in [3.05, 3.63) is 27.9 Å². The summed E-state index contributed by atoms with van der Waals surface area (Å²) < 4.78 is 0. The molecular weight excluding hydrogens is 242 g/mol. The number of anilines is 1. The van der Waals surface area contributed by atoms with E-state index in [1.807, 2.05) is 0 Å². The Morgan fingerprint density at radius 3 is 2.89 bits per heavy atom. The molecule has 9 heteroatoms. The first-order chi connectivity index (χ1) is 8.51. The van der Waals surface area contributed by atoms with Crippen LogP contribution in [-0.4, -0.2) is 46.3 Å². The summed E-state index contributed by atoms with van der Waals surface area (Å²) in [7, 11) is 1.62. The monoisotopic (exact) mass is 255 g/mol. The molecular formula is C9H13N5O4. The number of hydrogen-bond acceptors (Lipinski definition) is 7. The predicted octanol–water partition coefficient (Wildman–Crippen LogP) is -0.487. The molecule has 0 radical (unpaired) electrons. The van der Waals surface area contributed by atoms with E-state index in [9.17, 15) is 10.1 Å². The average Bonchev–Trinajstić information content (AvgIpc) is 2.37. The van der Waals surface area contributed by atoms with Gasteiger partial charge in [0.2, 0.25) is 0 Å². The van der Waals surface area contributed by atoms with E-state index in [0.717, 1.165) is 12.3 Å². The third-order valence-corrected chi connectivity index (χ3v) is 2.24. The van der Waals surface area contributed by atoms with Gasteiger partial charge < -0.3 is 20.9 Å². The molecule has 9 nitrogen and oxygen atoms in total. The van der Waals surface area contributed by atoms with Crippen molar-refractivity contribution in [2.45, 2.75) is 0 Å². The van der Waals surface area contributed by atoms with Crippen molar-refractivity contribution in [3.8, 4) is 0 Å². The fraction of sp³-hybridized carbons (Fsp3) is 0.333. The Bertz CT molecular complexity index is 476. The number of hydrogen-bond donors (Lipinski definition) is 3. The molecule has 4 N–H and O–H groups in total. The molecule has 1 aromatic heterocycles. The fourth-order valence-electron chi connectivity index (χ4n) is 1.35. The zero-order valence-corrected chi connectivity index (χ0v) is 9.65. The molecule has 0 bridgehead atoms. The van der Waals surface area contributed by atoms with E-state index in [1.165, 1.54) is 4.90 Å². The van der Waals surface area contributed by atoms with Crippen molar-refractivity contribution in [3.63, 3.8) is 0 Å². The van der Waals surface area contributed by atoms with Gasteiger partial charge in [-0.3, -0.25) is 10.1 Å². The summed E-state index contributed by atoms with van der Waals surface area (Å²) in [4.78, 5) is 15.4. The maximum absolute atomic E-state index is 10.6. The third-order valence-electron chi connectivity index (χ3n) is 2.24. The smallest absolute Gasteiger partial charge is 0.288 e. The molecule has 0 aliphatic heterocycles. The summed E-state index contributed by atoms with van der Waals surface area (Å²) in [6, 6.07) is 1.16. The molecule has 0 aromatic carbocycles. The fourth-order valence-corrected chi connectivity index (χ4v) is 1.35. The van der Waals surface area contributed by atoms with Gasteiger partial charge in [0, 0.05) is 19.7 Å². The van der Waals surface area contributed by atoms with E-state index in [4.69, 9.17) is 16.0 Å². The molecule has 0 atom stereocenters. The van der Waals surface area contributed by atoms with Crippen molar-refractivity contribution < 1.29 is 15.2 Å². The zero-order valence-electron chi connectivity index (χ0n) is 9.65. The first-order valence-electron chi connectivity index (χ1n) is 4.95. The highest BCUT2D eigenvalue weighted by Crippen LogP contribution is 2.21. The highest BCUT2D eigenvalue weighted by Gasteiger charge is 2.17. The molecule has 1 aromatic rings. The van der Waals surface area contributed by atoms with Crippen molar-refractivity contribution in [1.82, 2.24) is 4.98 Å². The third kappa shape index (κ3) is 2.83. The molecule has 0 aliphatic carbocycles. The van der Waals surface area contributed by atoms with Crippen molar-refractivity contribution in [2.75, 3.05) is 25.1 Å². The van der Waals surface area contributed by atoms with Gasteiger partial charge in [0.1, 0.15) is 12.0 Å². The zero-order chi connectivity index (χ0) is 13.7. The standard InChI is InChI=1S/C9H13N5O4/c1-13(2-3-15)9-7(8(10)12-16)4-6(5-11-9)14(17)18/h4-5,15-16H,2-3H2,1H3,(H2,10,12). The number of nitro groups is 1. The van der Waals surface area contributed by atoms with Crippen LogP contribution in [0.1, 0.15) is 5.56 Å². The number of aliphatic hydroxyl groups excluding tert-OH is 1. The predicted molar refractivity (Wildman–Crippen MR) is 63.8 cm³/mol. The lowest BCUT2D eigenvalue weighted by atomic mass is 10.2. The highest BCUT2D eigenvalue weighted by atomic mass is 16.6. The van der Waals surface area contributed by atoms with E-state index in [1.54, 1.807) is 7.05 Å². The van der Waals surface area contributed by atoms with Gasteiger partial charge in [-0.2, -0.15) is 0 Å². The van der Waals surface area contributed by atoms with E-state index in [0.29, 0.717) is 0 Å². The number of oxime groups is 1. The number of amidine groups is 1. The maximum atomic E-state index is 10.6. The van der Waals surface area contributed by atoms with Crippen molar-refractivity contribution in [1.29, 1.82) is 0 Å². The van der Waals surface area contributed by atoms with Crippen LogP contribution < -0.4 is 10.6 Å². The normalized spacial score (nSPS) is 11.3. The minimum Gasteiger partial charge on any atom is -0.409 e. The summed E-state index contributed by atoms with van der Waals surface area (Å²) >= 11 is 0. The number of aliphatic hydroxyl groups is 1. The van der Waals surface area contributed by atoms with Gasteiger partial charge in [0.25, 0.3) is 5.69 Å². The van der Waals surface area contributed by atoms with Crippen LogP contribution in [0.5, 0.6) is 0 Å². The molecule has 0 unspecified atom stereocenters. The van der Waals surface area contributed by atoms with Crippen LogP contribution in [0.4, 0.5) is 11.5 Å². The highest BCUT2D eigenvalue weighted by molar-refractivity contribution is 6.01. The van der Waals surface area contributed by atoms with Gasteiger partial charge in [0.05, 0.1) is 17.1 Å². The summed E-state index contributed by atoms with van der Waals surface area (Å²) in [5.74, 6) is -0.00376. The molecule has 0 amide bonds. The Labute approximate surface area is 102 Å². The van der Waals surface area contributed by atoms with Crippen LogP contribution >= 0.6 is 0 Å². The molecule has 0 saturated carbocycles. The first kappa shape index (κ1) is 13.6. The average molecular weight is 255 g/mol. The van der Waals surface area contributed by atoms with Gasteiger partial charge >= 0.3 is 0 Å². The summed E-state index contributed by atoms with van der Waals surface area (Å²) in [5, 5.41) is 30.9. The van der Waals surface area contributed by atoms with E-state index >= 15 is 0 Å². The number of nitrogens with two attached hydrogens (primary N) is 1. The lowest BCUT2D eigenvalue weighted by Gasteiger charge is -2.19. The van der Waals surface area contributed by atoms with E-state index in [-0.39, 0.29) is 36.1 Å². The Morgan fingerprint density at radius 1 is 1.72 bits per heavy atom. The molecule has 0 aliphatic rings.